The van der Waals surface area contributed by atoms with E-state index in [9.17, 15) is 0 Å². The summed E-state index contributed by atoms with van der Waals surface area (Å²) < 4.78 is 12.3. The number of rotatable bonds is 2. The Bertz CT molecular complexity index is 205. The van der Waals surface area contributed by atoms with Crippen molar-refractivity contribution in [2.45, 2.75) is 83.2 Å². The summed E-state index contributed by atoms with van der Waals surface area (Å²) in [6.45, 7) is 4.42. The normalized spacial score (nSPS) is 42.0. The Kier molecular flexibility index (Phi) is 3.68. The van der Waals surface area contributed by atoms with Crippen LogP contribution >= 0.6 is 0 Å². The third-order valence-corrected chi connectivity index (χ3v) is 3.85. The highest BCUT2D eigenvalue weighted by molar-refractivity contribution is 4.84. The smallest absolute Gasteiger partial charge is 0.169 e. The van der Waals surface area contributed by atoms with Crippen LogP contribution in [0.5, 0.6) is 0 Å². The third-order valence-electron chi connectivity index (χ3n) is 3.85. The molecule has 2 fully saturated rings. The van der Waals surface area contributed by atoms with Gasteiger partial charge in [-0.3, -0.25) is 0 Å². The first-order valence-corrected chi connectivity index (χ1v) is 6.63. The largest absolute Gasteiger partial charge is 0.347 e. The molecule has 0 radical (unpaired) electrons. The van der Waals surface area contributed by atoms with Gasteiger partial charge in [-0.1, -0.05) is 20.3 Å². The van der Waals surface area contributed by atoms with Crippen LogP contribution in [0.1, 0.15) is 65.2 Å². The second kappa shape index (κ2) is 4.84. The summed E-state index contributed by atoms with van der Waals surface area (Å²) in [5.41, 5.74) is 0. The number of hydrogen-bond donors (Lipinski definition) is 0. The first-order chi connectivity index (χ1) is 7.28. The molecule has 2 heteroatoms. The lowest BCUT2D eigenvalue weighted by Crippen LogP contribution is -2.35. The van der Waals surface area contributed by atoms with Gasteiger partial charge in [0.1, 0.15) is 0 Å². The summed E-state index contributed by atoms with van der Waals surface area (Å²) in [4.78, 5) is 0. The maximum Gasteiger partial charge on any atom is 0.169 e. The van der Waals surface area contributed by atoms with Gasteiger partial charge in [-0.25, -0.2) is 0 Å². The SMILES string of the molecule is CC[C@@H]1CCCC[C@]2(CC[C@H](CC)O2)O1. The minimum atomic E-state index is -0.197. The van der Waals surface area contributed by atoms with Gasteiger partial charge >= 0.3 is 0 Å². The predicted octanol–water partition coefficient (Wildman–Crippen LogP) is 3.64. The summed E-state index contributed by atoms with van der Waals surface area (Å²) in [7, 11) is 0. The van der Waals surface area contributed by atoms with E-state index >= 15 is 0 Å². The van der Waals surface area contributed by atoms with Crippen LogP contribution < -0.4 is 0 Å². The maximum atomic E-state index is 6.22. The van der Waals surface area contributed by atoms with Crippen LogP contribution in [0.15, 0.2) is 0 Å². The highest BCUT2D eigenvalue weighted by Gasteiger charge is 2.42. The van der Waals surface area contributed by atoms with Crippen LogP contribution in [0.4, 0.5) is 0 Å². The molecule has 2 saturated heterocycles. The summed E-state index contributed by atoms with van der Waals surface area (Å²) >= 11 is 0. The highest BCUT2D eigenvalue weighted by Crippen LogP contribution is 2.40. The fourth-order valence-electron chi connectivity index (χ4n) is 2.84. The zero-order valence-electron chi connectivity index (χ0n) is 10.1. The van der Waals surface area contributed by atoms with Crippen molar-refractivity contribution < 1.29 is 9.47 Å². The first-order valence-electron chi connectivity index (χ1n) is 6.63. The minimum Gasteiger partial charge on any atom is -0.347 e. The van der Waals surface area contributed by atoms with Crippen molar-refractivity contribution in [1.82, 2.24) is 0 Å². The number of ether oxygens (including phenoxy) is 2. The van der Waals surface area contributed by atoms with E-state index in [0.29, 0.717) is 12.2 Å². The molecular formula is C13H24O2. The van der Waals surface area contributed by atoms with Crippen molar-refractivity contribution in [3.8, 4) is 0 Å². The molecule has 0 aromatic carbocycles. The van der Waals surface area contributed by atoms with Gasteiger partial charge in [0.15, 0.2) is 5.79 Å². The molecule has 2 rings (SSSR count). The Labute approximate surface area is 93.3 Å². The van der Waals surface area contributed by atoms with Gasteiger partial charge in [0.2, 0.25) is 0 Å². The molecule has 2 aliphatic heterocycles. The Morgan fingerprint density at radius 3 is 2.20 bits per heavy atom. The number of hydrogen-bond acceptors (Lipinski definition) is 2. The van der Waals surface area contributed by atoms with Crippen molar-refractivity contribution in [2.24, 2.45) is 0 Å². The summed E-state index contributed by atoms with van der Waals surface area (Å²) in [6.07, 6.45) is 10.3. The topological polar surface area (TPSA) is 18.5 Å². The molecule has 15 heavy (non-hydrogen) atoms. The molecule has 0 bridgehead atoms. The van der Waals surface area contributed by atoms with E-state index in [4.69, 9.17) is 9.47 Å². The summed E-state index contributed by atoms with van der Waals surface area (Å²) in [5.74, 6) is -0.197. The van der Waals surface area contributed by atoms with E-state index in [-0.39, 0.29) is 5.79 Å². The third kappa shape index (κ3) is 2.54. The van der Waals surface area contributed by atoms with Crippen LogP contribution in [0.2, 0.25) is 0 Å². The molecule has 0 amide bonds. The van der Waals surface area contributed by atoms with Crippen LogP contribution in [0.25, 0.3) is 0 Å². The monoisotopic (exact) mass is 212 g/mol. The van der Waals surface area contributed by atoms with Gasteiger partial charge in [-0.15, -0.1) is 0 Å². The molecule has 2 heterocycles. The van der Waals surface area contributed by atoms with Gasteiger partial charge in [0.25, 0.3) is 0 Å². The lowest BCUT2D eigenvalue weighted by atomic mass is 10.0. The molecule has 0 aliphatic carbocycles. The van der Waals surface area contributed by atoms with Crippen molar-refractivity contribution >= 4 is 0 Å². The van der Waals surface area contributed by atoms with Crippen LogP contribution in [-0.4, -0.2) is 18.0 Å². The van der Waals surface area contributed by atoms with Crippen LogP contribution in [0, 0.1) is 0 Å². The van der Waals surface area contributed by atoms with Crippen molar-refractivity contribution in [3.63, 3.8) is 0 Å². The Morgan fingerprint density at radius 1 is 0.933 bits per heavy atom. The van der Waals surface area contributed by atoms with E-state index in [1.165, 1.54) is 25.7 Å². The maximum absolute atomic E-state index is 6.22. The fraction of sp³-hybridized carbons (Fsp3) is 1.00. The predicted molar refractivity (Wildman–Crippen MR) is 60.8 cm³/mol. The lowest BCUT2D eigenvalue weighted by Gasteiger charge is -2.31. The molecule has 3 atom stereocenters. The highest BCUT2D eigenvalue weighted by atomic mass is 16.7. The quantitative estimate of drug-likeness (QED) is 0.695. The molecule has 0 unspecified atom stereocenters. The second-order valence-corrected chi connectivity index (χ2v) is 4.99. The molecule has 2 nitrogen and oxygen atoms in total. The molecule has 88 valence electrons. The van der Waals surface area contributed by atoms with Crippen LogP contribution in [0.3, 0.4) is 0 Å². The second-order valence-electron chi connectivity index (χ2n) is 4.99. The van der Waals surface area contributed by atoms with E-state index in [2.05, 4.69) is 13.8 Å². The Hall–Kier alpha value is -0.0800. The summed E-state index contributed by atoms with van der Waals surface area (Å²) in [5, 5.41) is 0. The minimum absolute atomic E-state index is 0.197. The lowest BCUT2D eigenvalue weighted by molar-refractivity contribution is -0.248. The summed E-state index contributed by atoms with van der Waals surface area (Å²) in [6, 6.07) is 0. The molecule has 0 saturated carbocycles. The van der Waals surface area contributed by atoms with Gasteiger partial charge in [-0.05, 0) is 32.1 Å². The zero-order valence-corrected chi connectivity index (χ0v) is 10.1. The standard InChI is InChI=1S/C13H24O2/c1-3-11-7-5-6-9-13(14-11)10-8-12(4-2)15-13/h11-12H,3-10H2,1-2H3/t11-,12+,13+/m1/s1. The van der Waals surface area contributed by atoms with Crippen molar-refractivity contribution in [1.29, 1.82) is 0 Å². The van der Waals surface area contributed by atoms with Crippen molar-refractivity contribution in [3.05, 3.63) is 0 Å². The van der Waals surface area contributed by atoms with Gasteiger partial charge in [-0.2, -0.15) is 0 Å². The fourth-order valence-corrected chi connectivity index (χ4v) is 2.84. The molecule has 0 aromatic rings. The Morgan fingerprint density at radius 2 is 1.60 bits per heavy atom. The van der Waals surface area contributed by atoms with Crippen LogP contribution in [-0.2, 0) is 9.47 Å². The van der Waals surface area contributed by atoms with Gasteiger partial charge in [0, 0.05) is 12.8 Å². The van der Waals surface area contributed by atoms with E-state index in [1.807, 2.05) is 0 Å². The molecule has 0 N–H and O–H groups in total. The zero-order chi connectivity index (χ0) is 10.7. The molecule has 2 aliphatic rings. The molecular weight excluding hydrogens is 188 g/mol. The molecule has 0 aromatic heterocycles. The van der Waals surface area contributed by atoms with E-state index < -0.39 is 0 Å². The Balaban J connectivity index is 2.00. The van der Waals surface area contributed by atoms with E-state index in [1.54, 1.807) is 0 Å². The first kappa shape index (κ1) is 11.4. The average molecular weight is 212 g/mol. The molecule has 1 spiro atoms. The van der Waals surface area contributed by atoms with Gasteiger partial charge in [0.05, 0.1) is 12.2 Å². The van der Waals surface area contributed by atoms with Gasteiger partial charge < -0.3 is 9.47 Å². The average Bonchev–Trinajstić information content (AvgIpc) is 2.54. The van der Waals surface area contributed by atoms with E-state index in [0.717, 1.165) is 25.7 Å². The van der Waals surface area contributed by atoms with Crippen molar-refractivity contribution in [2.75, 3.05) is 0 Å².